The van der Waals surface area contributed by atoms with Crippen molar-refractivity contribution in [1.29, 1.82) is 0 Å². The Morgan fingerprint density at radius 3 is 2.59 bits per heavy atom. The summed E-state index contributed by atoms with van der Waals surface area (Å²) in [6.07, 6.45) is 1.78. The summed E-state index contributed by atoms with van der Waals surface area (Å²) in [5.74, 6) is -0.381. The lowest BCUT2D eigenvalue weighted by Gasteiger charge is -2.39. The lowest BCUT2D eigenvalue weighted by molar-refractivity contribution is -0.193. The first-order chi connectivity index (χ1) is 8.04. The maximum absolute atomic E-state index is 12.2. The predicted octanol–water partition coefficient (Wildman–Crippen LogP) is 0.335. The van der Waals surface area contributed by atoms with Gasteiger partial charge < -0.3 is 20.1 Å². The van der Waals surface area contributed by atoms with E-state index in [0.29, 0.717) is 19.8 Å². The van der Waals surface area contributed by atoms with Gasteiger partial charge >= 0.3 is 0 Å². The zero-order valence-electron chi connectivity index (χ0n) is 10.6. The number of carbonyl (C=O) groups excluding carboxylic acids is 1. The van der Waals surface area contributed by atoms with Gasteiger partial charge in [0.05, 0.1) is 25.8 Å². The van der Waals surface area contributed by atoms with E-state index in [2.05, 4.69) is 0 Å². The molecule has 0 saturated carbocycles. The van der Waals surface area contributed by atoms with Crippen LogP contribution >= 0.6 is 0 Å². The van der Waals surface area contributed by atoms with Crippen LogP contribution in [-0.2, 0) is 14.3 Å². The predicted molar refractivity (Wildman–Crippen MR) is 63.3 cm³/mol. The van der Waals surface area contributed by atoms with Gasteiger partial charge in [0.25, 0.3) is 0 Å². The Balaban J connectivity index is 1.99. The first kappa shape index (κ1) is 12.8. The topological polar surface area (TPSA) is 64.8 Å². The maximum Gasteiger partial charge on any atom is 0.239 e. The summed E-state index contributed by atoms with van der Waals surface area (Å²) < 4.78 is 11.3. The van der Waals surface area contributed by atoms with Crippen LogP contribution in [0.2, 0.25) is 0 Å². The fraction of sp³-hybridized carbons (Fsp3) is 0.917. The standard InChI is InChI=1S/C12H22N2O3/c1-9(2)10(13)11(15)14-5-3-4-12(8-14)16-6-7-17-12/h9-10H,3-8,13H2,1-2H3/t10-/m0/s1. The normalized spacial score (nSPS) is 25.5. The molecule has 2 rings (SSSR count). The van der Waals surface area contributed by atoms with Crippen molar-refractivity contribution in [2.75, 3.05) is 26.3 Å². The zero-order valence-corrected chi connectivity index (χ0v) is 10.6. The van der Waals surface area contributed by atoms with Crippen molar-refractivity contribution in [3.05, 3.63) is 0 Å². The summed E-state index contributed by atoms with van der Waals surface area (Å²) in [5, 5.41) is 0. The fourth-order valence-corrected chi connectivity index (χ4v) is 2.40. The summed E-state index contributed by atoms with van der Waals surface area (Å²) in [6, 6.07) is -0.424. The van der Waals surface area contributed by atoms with Crippen molar-refractivity contribution >= 4 is 5.91 Å². The molecule has 0 aromatic rings. The lowest BCUT2D eigenvalue weighted by atomic mass is 10.00. The molecule has 2 fully saturated rings. The monoisotopic (exact) mass is 242 g/mol. The highest BCUT2D eigenvalue weighted by Gasteiger charge is 2.42. The molecule has 5 nitrogen and oxygen atoms in total. The Hall–Kier alpha value is -0.650. The fourth-order valence-electron chi connectivity index (χ4n) is 2.40. The van der Waals surface area contributed by atoms with Crippen LogP contribution in [0.4, 0.5) is 0 Å². The van der Waals surface area contributed by atoms with E-state index in [0.717, 1.165) is 19.4 Å². The number of nitrogens with two attached hydrogens (primary N) is 1. The van der Waals surface area contributed by atoms with Crippen LogP contribution in [0.1, 0.15) is 26.7 Å². The molecule has 2 saturated heterocycles. The number of piperidine rings is 1. The van der Waals surface area contributed by atoms with Gasteiger partial charge in [-0.3, -0.25) is 4.79 Å². The van der Waals surface area contributed by atoms with Gasteiger partial charge in [0, 0.05) is 13.0 Å². The molecule has 0 unspecified atom stereocenters. The summed E-state index contributed by atoms with van der Waals surface area (Å²) in [5.41, 5.74) is 5.91. The number of rotatable bonds is 2. The summed E-state index contributed by atoms with van der Waals surface area (Å²) in [6.45, 7) is 6.45. The number of ether oxygens (including phenoxy) is 2. The first-order valence-corrected chi connectivity index (χ1v) is 6.36. The zero-order chi connectivity index (χ0) is 12.5. The maximum atomic E-state index is 12.2. The third-order valence-corrected chi connectivity index (χ3v) is 3.55. The second-order valence-electron chi connectivity index (χ2n) is 5.24. The molecule has 0 aromatic heterocycles. The minimum absolute atomic E-state index is 0.0122. The van der Waals surface area contributed by atoms with Crippen molar-refractivity contribution in [2.45, 2.75) is 38.5 Å². The highest BCUT2D eigenvalue weighted by Crippen LogP contribution is 2.30. The van der Waals surface area contributed by atoms with Crippen LogP contribution in [0.25, 0.3) is 0 Å². The second-order valence-corrected chi connectivity index (χ2v) is 5.24. The smallest absolute Gasteiger partial charge is 0.239 e. The SMILES string of the molecule is CC(C)[C@H](N)C(=O)N1CCCC2(C1)OCCO2. The molecular weight excluding hydrogens is 220 g/mol. The van der Waals surface area contributed by atoms with E-state index in [1.165, 1.54) is 0 Å². The number of carbonyl (C=O) groups is 1. The highest BCUT2D eigenvalue weighted by molar-refractivity contribution is 5.82. The molecule has 1 spiro atoms. The van der Waals surface area contributed by atoms with Crippen LogP contribution in [0.5, 0.6) is 0 Å². The molecule has 0 radical (unpaired) electrons. The molecule has 5 heteroatoms. The van der Waals surface area contributed by atoms with Crippen LogP contribution in [0, 0.1) is 5.92 Å². The minimum Gasteiger partial charge on any atom is -0.346 e. The molecule has 98 valence electrons. The van der Waals surface area contributed by atoms with Gasteiger partial charge in [0.1, 0.15) is 0 Å². The van der Waals surface area contributed by atoms with Gasteiger partial charge in [-0.1, -0.05) is 13.8 Å². The van der Waals surface area contributed by atoms with Crippen molar-refractivity contribution < 1.29 is 14.3 Å². The van der Waals surface area contributed by atoms with Crippen molar-refractivity contribution in [3.8, 4) is 0 Å². The molecule has 0 aliphatic carbocycles. The molecule has 2 aliphatic rings. The van der Waals surface area contributed by atoms with Gasteiger partial charge in [-0.25, -0.2) is 0 Å². The number of nitrogens with zero attached hydrogens (tertiary/aromatic N) is 1. The molecule has 1 atom stereocenters. The second kappa shape index (κ2) is 4.92. The molecule has 2 heterocycles. The Morgan fingerprint density at radius 2 is 2.00 bits per heavy atom. The first-order valence-electron chi connectivity index (χ1n) is 6.36. The molecular formula is C12H22N2O3. The molecule has 2 aliphatic heterocycles. The number of hydrogen-bond acceptors (Lipinski definition) is 4. The van der Waals surface area contributed by atoms with Crippen molar-refractivity contribution in [3.63, 3.8) is 0 Å². The Kier molecular flexibility index (Phi) is 3.70. The van der Waals surface area contributed by atoms with Crippen LogP contribution in [-0.4, -0.2) is 48.9 Å². The highest BCUT2D eigenvalue weighted by atomic mass is 16.7. The molecule has 0 aromatic carbocycles. The van der Waals surface area contributed by atoms with Gasteiger partial charge in [0.2, 0.25) is 5.91 Å². The van der Waals surface area contributed by atoms with E-state index in [4.69, 9.17) is 15.2 Å². The van der Waals surface area contributed by atoms with E-state index in [-0.39, 0.29) is 11.8 Å². The van der Waals surface area contributed by atoms with Crippen LogP contribution in [0.15, 0.2) is 0 Å². The third-order valence-electron chi connectivity index (χ3n) is 3.55. The summed E-state index contributed by atoms with van der Waals surface area (Å²) in [7, 11) is 0. The Labute approximate surface area is 102 Å². The average molecular weight is 242 g/mol. The molecule has 2 N–H and O–H groups in total. The van der Waals surface area contributed by atoms with Gasteiger partial charge in [-0.15, -0.1) is 0 Å². The van der Waals surface area contributed by atoms with Crippen molar-refractivity contribution in [1.82, 2.24) is 4.90 Å². The summed E-state index contributed by atoms with van der Waals surface area (Å²) >= 11 is 0. The van der Waals surface area contributed by atoms with E-state index < -0.39 is 11.8 Å². The Bertz CT molecular complexity index is 287. The van der Waals surface area contributed by atoms with Gasteiger partial charge in [-0.2, -0.15) is 0 Å². The molecule has 1 amide bonds. The van der Waals surface area contributed by atoms with Gasteiger partial charge in [0.15, 0.2) is 5.79 Å². The quantitative estimate of drug-likeness (QED) is 0.758. The minimum atomic E-state index is -0.551. The third kappa shape index (κ3) is 2.61. The van der Waals surface area contributed by atoms with E-state index in [1.54, 1.807) is 4.90 Å². The lowest BCUT2D eigenvalue weighted by Crippen LogP contribution is -2.55. The molecule has 0 bridgehead atoms. The molecule has 17 heavy (non-hydrogen) atoms. The van der Waals surface area contributed by atoms with Crippen LogP contribution in [0.3, 0.4) is 0 Å². The number of amides is 1. The van der Waals surface area contributed by atoms with Crippen LogP contribution < -0.4 is 5.73 Å². The van der Waals surface area contributed by atoms with E-state index in [9.17, 15) is 4.79 Å². The van der Waals surface area contributed by atoms with Crippen molar-refractivity contribution in [2.24, 2.45) is 11.7 Å². The number of likely N-dealkylation sites (tertiary alicyclic amines) is 1. The van der Waals surface area contributed by atoms with E-state index >= 15 is 0 Å². The number of hydrogen-bond donors (Lipinski definition) is 1. The largest absolute Gasteiger partial charge is 0.346 e. The Morgan fingerprint density at radius 1 is 1.35 bits per heavy atom. The summed E-state index contributed by atoms with van der Waals surface area (Å²) in [4.78, 5) is 14.0. The average Bonchev–Trinajstić information content (AvgIpc) is 2.75. The van der Waals surface area contributed by atoms with E-state index in [1.807, 2.05) is 13.8 Å². The van der Waals surface area contributed by atoms with Gasteiger partial charge in [-0.05, 0) is 12.3 Å².